The van der Waals surface area contributed by atoms with Crippen LogP contribution in [0.4, 0.5) is 5.82 Å². The largest absolute Gasteiger partial charge is 0.382 e. The summed E-state index contributed by atoms with van der Waals surface area (Å²) in [4.78, 5) is 20.8. The van der Waals surface area contributed by atoms with E-state index in [9.17, 15) is 4.79 Å². The highest BCUT2D eigenvalue weighted by Gasteiger charge is 2.40. The third kappa shape index (κ3) is 8.07. The van der Waals surface area contributed by atoms with Crippen LogP contribution in [-0.4, -0.2) is 48.1 Å². The van der Waals surface area contributed by atoms with Crippen molar-refractivity contribution in [1.82, 2.24) is 19.7 Å². The van der Waals surface area contributed by atoms with Gasteiger partial charge in [0.2, 0.25) is 5.91 Å². The highest BCUT2D eigenvalue weighted by molar-refractivity contribution is 6.76. The maximum absolute atomic E-state index is 14.2. The van der Waals surface area contributed by atoms with E-state index >= 15 is 0 Å². The fraction of sp³-hybridized carbons (Fsp3) is 0.516. The van der Waals surface area contributed by atoms with E-state index in [-0.39, 0.29) is 5.91 Å². The number of nitrogen functional groups attached to an aromatic ring is 1. The first-order chi connectivity index (χ1) is 19.0. The molecule has 1 amide bonds. The molecule has 7 nitrogen and oxygen atoms in total. The van der Waals surface area contributed by atoms with Gasteiger partial charge in [-0.05, 0) is 49.0 Å². The smallest absolute Gasteiger partial charge is 0.229 e. The molecule has 0 radical (unpaired) electrons. The van der Waals surface area contributed by atoms with Crippen LogP contribution in [0.2, 0.25) is 25.7 Å². The minimum Gasteiger partial charge on any atom is -0.382 e. The van der Waals surface area contributed by atoms with Gasteiger partial charge in [-0.2, -0.15) is 5.10 Å². The number of nitrogens with zero attached hydrogens (tertiary/aromatic N) is 4. The number of hydrogen-bond donors (Lipinski definition) is 1. The van der Waals surface area contributed by atoms with Crippen LogP contribution in [0, 0.1) is 5.41 Å². The predicted octanol–water partition coefficient (Wildman–Crippen LogP) is 4.33. The van der Waals surface area contributed by atoms with E-state index in [0.29, 0.717) is 25.6 Å². The number of hydrogen-bond acceptors (Lipinski definition) is 5. The Balaban J connectivity index is 1.39. The molecule has 3 heterocycles. The van der Waals surface area contributed by atoms with E-state index in [1.165, 1.54) is 5.56 Å². The van der Waals surface area contributed by atoms with E-state index in [4.69, 9.17) is 10.5 Å². The van der Waals surface area contributed by atoms with Crippen LogP contribution < -0.4 is 11.3 Å². The zero-order chi connectivity index (χ0) is 28.8. The van der Waals surface area contributed by atoms with Crippen molar-refractivity contribution in [3.63, 3.8) is 0 Å². The van der Waals surface area contributed by atoms with Gasteiger partial charge in [0.05, 0.1) is 24.2 Å². The Kier molecular flexibility index (Phi) is 9.90. The second kappa shape index (κ2) is 13.2. The lowest BCUT2D eigenvalue weighted by Gasteiger charge is -2.33. The molecule has 0 bridgehead atoms. The van der Waals surface area contributed by atoms with Crippen LogP contribution in [0.3, 0.4) is 0 Å². The molecule has 40 heavy (non-hydrogen) atoms. The molecule has 1 aliphatic heterocycles. The van der Waals surface area contributed by atoms with E-state index < -0.39 is 13.5 Å². The molecule has 0 saturated carbocycles. The number of aryl methyl sites for hydroxylation is 1. The fourth-order valence-electron chi connectivity index (χ4n) is 5.55. The lowest BCUT2D eigenvalue weighted by Crippen LogP contribution is -2.41. The zero-order valence-electron chi connectivity index (χ0n) is 25.1. The molecule has 0 spiro atoms. The number of pyridine rings is 1. The number of aromatic nitrogens is 3. The van der Waals surface area contributed by atoms with Crippen LogP contribution in [-0.2, 0) is 42.2 Å². The van der Waals surface area contributed by atoms with Crippen LogP contribution in [0.1, 0.15) is 55.1 Å². The molecule has 2 aromatic heterocycles. The molecule has 0 fully saturated rings. The topological polar surface area (TPSA) is 86.3 Å². The Hall–Kier alpha value is -2.91. The van der Waals surface area contributed by atoms with Crippen molar-refractivity contribution >= 4 is 33.2 Å². The Morgan fingerprint density at radius 1 is 1.07 bits per heavy atom. The standard InChI is InChI=1S/C31H46BN5O2Si/c1-31(20-24-12-7-5-8-13-24,17-10-6-9-14-25-15-11-16-28(32)34-25)30(38)36-21-26-27(22-36)37(35-29(26)33)23-39-18-19-40(2,3)4/h5,7-8,11-13,15-16H,6,9-10,14,17-23,32H2,1-4H3,(H2,33,35). The third-order valence-electron chi connectivity index (χ3n) is 7.95. The molecule has 1 aliphatic rings. The summed E-state index contributed by atoms with van der Waals surface area (Å²) in [5, 5.41) is 4.53. The van der Waals surface area contributed by atoms with Gasteiger partial charge in [-0.1, -0.05) is 81.9 Å². The molecular weight excluding hydrogens is 513 g/mol. The monoisotopic (exact) mass is 559 g/mol. The van der Waals surface area contributed by atoms with Gasteiger partial charge < -0.3 is 15.4 Å². The minimum absolute atomic E-state index is 0.193. The van der Waals surface area contributed by atoms with Crippen molar-refractivity contribution in [2.75, 3.05) is 12.3 Å². The van der Waals surface area contributed by atoms with Gasteiger partial charge in [0.25, 0.3) is 0 Å². The van der Waals surface area contributed by atoms with Crippen molar-refractivity contribution in [1.29, 1.82) is 0 Å². The summed E-state index contributed by atoms with van der Waals surface area (Å²) >= 11 is 0. The summed E-state index contributed by atoms with van der Waals surface area (Å²) in [6.45, 7) is 11.3. The van der Waals surface area contributed by atoms with Crippen molar-refractivity contribution < 1.29 is 9.53 Å². The average Bonchev–Trinajstić information content (AvgIpc) is 3.46. The van der Waals surface area contributed by atoms with E-state index in [1.54, 1.807) is 0 Å². The normalized spacial score (nSPS) is 14.8. The number of amides is 1. The molecule has 3 aromatic rings. The molecular formula is C31H46BN5O2Si. The van der Waals surface area contributed by atoms with Crippen molar-refractivity contribution in [3.05, 3.63) is 71.0 Å². The Labute approximate surface area is 241 Å². The molecule has 1 atom stereocenters. The lowest BCUT2D eigenvalue weighted by molar-refractivity contribution is -0.142. The summed E-state index contributed by atoms with van der Waals surface area (Å²) < 4.78 is 7.82. The van der Waals surface area contributed by atoms with Gasteiger partial charge >= 0.3 is 0 Å². The van der Waals surface area contributed by atoms with Crippen LogP contribution in [0.5, 0.6) is 0 Å². The van der Waals surface area contributed by atoms with Gasteiger partial charge in [-0.25, -0.2) is 4.68 Å². The molecule has 4 rings (SSSR count). The van der Waals surface area contributed by atoms with Gasteiger partial charge in [-0.3, -0.25) is 9.78 Å². The summed E-state index contributed by atoms with van der Waals surface area (Å²) in [6, 6.07) is 17.7. The average molecular weight is 560 g/mol. The quantitative estimate of drug-likeness (QED) is 0.235. The highest BCUT2D eigenvalue weighted by Crippen LogP contribution is 2.36. The predicted molar refractivity (Wildman–Crippen MR) is 168 cm³/mol. The molecule has 1 aromatic carbocycles. The molecule has 9 heteroatoms. The molecule has 0 saturated heterocycles. The number of carbonyl (C=O) groups excluding carboxylic acids is 1. The number of benzene rings is 1. The second-order valence-corrected chi connectivity index (χ2v) is 18.5. The van der Waals surface area contributed by atoms with Crippen LogP contribution in [0.25, 0.3) is 0 Å². The number of anilines is 1. The van der Waals surface area contributed by atoms with Crippen LogP contribution >= 0.6 is 0 Å². The van der Waals surface area contributed by atoms with Gasteiger partial charge in [0, 0.05) is 25.9 Å². The minimum atomic E-state index is -1.16. The maximum Gasteiger partial charge on any atom is 0.229 e. The maximum atomic E-state index is 14.2. The van der Waals surface area contributed by atoms with E-state index in [2.05, 4.69) is 73.0 Å². The number of unbranched alkanes of at least 4 members (excludes halogenated alkanes) is 2. The van der Waals surface area contributed by atoms with Crippen molar-refractivity contribution in [3.8, 4) is 0 Å². The Morgan fingerprint density at radius 3 is 2.58 bits per heavy atom. The van der Waals surface area contributed by atoms with Crippen molar-refractivity contribution in [2.24, 2.45) is 5.41 Å². The number of carbonyl (C=O) groups is 1. The van der Waals surface area contributed by atoms with Gasteiger partial charge in [0.15, 0.2) is 13.7 Å². The Morgan fingerprint density at radius 2 is 1.85 bits per heavy atom. The van der Waals surface area contributed by atoms with E-state index in [1.807, 2.05) is 29.6 Å². The lowest BCUT2D eigenvalue weighted by atomic mass is 9.77. The molecule has 1 unspecified atom stereocenters. The number of ether oxygens (including phenoxy) is 1. The highest BCUT2D eigenvalue weighted by atomic mass is 28.3. The number of nitrogens with two attached hydrogens (primary N) is 1. The third-order valence-corrected chi connectivity index (χ3v) is 9.65. The molecule has 2 N–H and O–H groups in total. The number of fused-ring (bicyclic) bond motifs is 1. The summed E-state index contributed by atoms with van der Waals surface area (Å²) in [5.41, 5.74) is 11.2. The van der Waals surface area contributed by atoms with Gasteiger partial charge in [-0.15, -0.1) is 0 Å². The SMILES string of the molecule is Bc1cccc(CCCCCC(C)(Cc2ccccc2)C(=O)N2Cc3c(N)nn(COCC[Si](C)(C)C)c3C2)n1. The second-order valence-electron chi connectivity index (χ2n) is 12.9. The zero-order valence-corrected chi connectivity index (χ0v) is 26.1. The number of rotatable bonds is 14. The van der Waals surface area contributed by atoms with Crippen LogP contribution in [0.15, 0.2) is 48.5 Å². The van der Waals surface area contributed by atoms with E-state index in [0.717, 1.165) is 73.7 Å². The molecule has 0 aliphatic carbocycles. The first kappa shape index (κ1) is 30.1. The summed E-state index contributed by atoms with van der Waals surface area (Å²) in [7, 11) is 0.874. The molecule has 214 valence electrons. The fourth-order valence-corrected chi connectivity index (χ4v) is 6.30. The van der Waals surface area contributed by atoms with Crippen molar-refractivity contribution in [2.45, 2.75) is 91.0 Å². The summed E-state index contributed by atoms with van der Waals surface area (Å²) in [6.07, 6.45) is 5.69. The first-order valence-electron chi connectivity index (χ1n) is 14.7. The van der Waals surface area contributed by atoms with Gasteiger partial charge in [0.1, 0.15) is 6.73 Å². The first-order valence-corrected chi connectivity index (χ1v) is 18.4. The summed E-state index contributed by atoms with van der Waals surface area (Å²) in [5.74, 6) is 0.701. The Bertz CT molecular complexity index is 1280.